The van der Waals surface area contributed by atoms with Gasteiger partial charge in [-0.05, 0) is 29.3 Å². The number of amides is 1. The number of carbonyl (C=O) groups excluding carboxylic acids is 1. The number of rotatable bonds is 8. The first-order valence-corrected chi connectivity index (χ1v) is 8.84. The highest BCUT2D eigenvalue weighted by molar-refractivity contribution is 7.98. The summed E-state index contributed by atoms with van der Waals surface area (Å²) < 4.78 is 5.10. The molecule has 1 amide bonds. The van der Waals surface area contributed by atoms with Crippen LogP contribution in [0.15, 0.2) is 48.5 Å². The van der Waals surface area contributed by atoms with Crippen molar-refractivity contribution in [3.63, 3.8) is 0 Å². The summed E-state index contributed by atoms with van der Waals surface area (Å²) in [6, 6.07) is 17.3. The molecule has 0 unspecified atom stereocenters. The zero-order valence-corrected chi connectivity index (χ0v) is 14.4. The Morgan fingerprint density at radius 1 is 1.21 bits per heavy atom. The van der Waals surface area contributed by atoms with Crippen LogP contribution >= 0.6 is 11.8 Å². The molecule has 0 bridgehead atoms. The molecule has 0 spiro atoms. The number of ether oxygens (including phenoxy) is 1. The predicted octanol–water partition coefficient (Wildman–Crippen LogP) is 3.16. The van der Waals surface area contributed by atoms with E-state index in [0.29, 0.717) is 18.5 Å². The van der Waals surface area contributed by atoms with Crippen LogP contribution in [0.4, 0.5) is 0 Å². The SMILES string of the molecule is COc1ccc(CC(=O)NCCSCc2ccccc2C#N)cc1. The summed E-state index contributed by atoms with van der Waals surface area (Å²) >= 11 is 1.71. The van der Waals surface area contributed by atoms with E-state index in [2.05, 4.69) is 11.4 Å². The van der Waals surface area contributed by atoms with Crippen LogP contribution in [0.1, 0.15) is 16.7 Å². The lowest BCUT2D eigenvalue weighted by molar-refractivity contribution is -0.120. The number of methoxy groups -OCH3 is 1. The molecular formula is C19H20N2O2S. The zero-order chi connectivity index (χ0) is 17.2. The summed E-state index contributed by atoms with van der Waals surface area (Å²) in [5.74, 6) is 2.39. The third-order valence-corrected chi connectivity index (χ3v) is 4.50. The Balaban J connectivity index is 1.66. The van der Waals surface area contributed by atoms with Crippen LogP contribution in [0.2, 0.25) is 0 Å². The van der Waals surface area contributed by atoms with Gasteiger partial charge in [-0.2, -0.15) is 17.0 Å². The van der Waals surface area contributed by atoms with E-state index in [0.717, 1.165) is 28.4 Å². The van der Waals surface area contributed by atoms with Gasteiger partial charge in [-0.15, -0.1) is 0 Å². The molecule has 2 rings (SSSR count). The first-order chi connectivity index (χ1) is 11.7. The highest BCUT2D eigenvalue weighted by Crippen LogP contribution is 2.15. The molecule has 0 radical (unpaired) electrons. The van der Waals surface area contributed by atoms with Crippen LogP contribution in [0, 0.1) is 11.3 Å². The van der Waals surface area contributed by atoms with Crippen molar-refractivity contribution in [3.8, 4) is 11.8 Å². The predicted molar refractivity (Wildman–Crippen MR) is 97.0 cm³/mol. The number of nitrogens with one attached hydrogen (secondary N) is 1. The Morgan fingerprint density at radius 2 is 1.96 bits per heavy atom. The second-order valence-corrected chi connectivity index (χ2v) is 6.30. The van der Waals surface area contributed by atoms with Crippen molar-refractivity contribution in [2.45, 2.75) is 12.2 Å². The molecule has 0 heterocycles. The summed E-state index contributed by atoms with van der Waals surface area (Å²) in [7, 11) is 1.62. The Morgan fingerprint density at radius 3 is 2.67 bits per heavy atom. The molecule has 0 fully saturated rings. The van der Waals surface area contributed by atoms with Crippen molar-refractivity contribution in [3.05, 3.63) is 65.2 Å². The lowest BCUT2D eigenvalue weighted by Crippen LogP contribution is -2.27. The third kappa shape index (κ3) is 5.64. The fourth-order valence-corrected chi connectivity index (χ4v) is 3.05. The number of hydrogen-bond donors (Lipinski definition) is 1. The molecule has 0 aliphatic rings. The van der Waals surface area contributed by atoms with Crippen molar-refractivity contribution in [2.24, 2.45) is 0 Å². The number of carbonyl (C=O) groups is 1. The molecule has 0 aliphatic heterocycles. The van der Waals surface area contributed by atoms with Gasteiger partial charge in [0.1, 0.15) is 5.75 Å². The molecule has 0 saturated heterocycles. The molecule has 24 heavy (non-hydrogen) atoms. The van der Waals surface area contributed by atoms with Gasteiger partial charge in [-0.3, -0.25) is 4.79 Å². The maximum Gasteiger partial charge on any atom is 0.224 e. The Labute approximate surface area is 146 Å². The standard InChI is InChI=1S/C19H20N2O2S/c1-23-18-8-6-15(7-9-18)12-19(22)21-10-11-24-14-17-5-3-2-4-16(17)13-20/h2-9H,10-12,14H2,1H3,(H,21,22). The minimum absolute atomic E-state index is 0.0122. The number of hydrogen-bond acceptors (Lipinski definition) is 4. The molecular weight excluding hydrogens is 320 g/mol. The molecule has 2 aromatic rings. The van der Waals surface area contributed by atoms with Crippen molar-refractivity contribution < 1.29 is 9.53 Å². The fourth-order valence-electron chi connectivity index (χ4n) is 2.19. The monoisotopic (exact) mass is 340 g/mol. The molecule has 0 aliphatic carbocycles. The Hall–Kier alpha value is -2.45. The summed E-state index contributed by atoms with van der Waals surface area (Å²) in [4.78, 5) is 11.9. The number of nitrogens with zero attached hydrogens (tertiary/aromatic N) is 1. The van der Waals surface area contributed by atoms with Crippen molar-refractivity contribution in [2.75, 3.05) is 19.4 Å². The molecule has 124 valence electrons. The second kappa shape index (κ2) is 9.64. The van der Waals surface area contributed by atoms with Gasteiger partial charge >= 0.3 is 0 Å². The van der Waals surface area contributed by atoms with Crippen LogP contribution < -0.4 is 10.1 Å². The minimum Gasteiger partial charge on any atom is -0.497 e. The summed E-state index contributed by atoms with van der Waals surface area (Å²) in [5, 5.41) is 12.0. The van der Waals surface area contributed by atoms with Gasteiger partial charge in [-0.1, -0.05) is 30.3 Å². The Bertz CT molecular complexity index is 708. The van der Waals surface area contributed by atoms with E-state index in [-0.39, 0.29) is 5.91 Å². The van der Waals surface area contributed by atoms with E-state index >= 15 is 0 Å². The largest absolute Gasteiger partial charge is 0.497 e. The second-order valence-electron chi connectivity index (χ2n) is 5.20. The van der Waals surface area contributed by atoms with Crippen molar-refractivity contribution in [1.82, 2.24) is 5.32 Å². The topological polar surface area (TPSA) is 62.1 Å². The van der Waals surface area contributed by atoms with Gasteiger partial charge < -0.3 is 10.1 Å². The van der Waals surface area contributed by atoms with E-state index < -0.39 is 0 Å². The van der Waals surface area contributed by atoms with E-state index in [1.807, 2.05) is 48.5 Å². The first-order valence-electron chi connectivity index (χ1n) is 7.68. The van der Waals surface area contributed by atoms with Crippen LogP contribution in [0.5, 0.6) is 5.75 Å². The third-order valence-electron chi connectivity index (χ3n) is 3.49. The fraction of sp³-hybridized carbons (Fsp3) is 0.263. The highest BCUT2D eigenvalue weighted by Gasteiger charge is 2.04. The van der Waals surface area contributed by atoms with E-state index in [9.17, 15) is 4.79 Å². The normalized spacial score (nSPS) is 10.0. The first kappa shape index (κ1) is 17.9. The van der Waals surface area contributed by atoms with Gasteiger partial charge in [0.2, 0.25) is 5.91 Å². The van der Waals surface area contributed by atoms with Gasteiger partial charge in [0.15, 0.2) is 0 Å². The van der Waals surface area contributed by atoms with Crippen LogP contribution in [0.3, 0.4) is 0 Å². The molecule has 5 heteroatoms. The van der Waals surface area contributed by atoms with Crippen LogP contribution in [0.25, 0.3) is 0 Å². The summed E-state index contributed by atoms with van der Waals surface area (Å²) in [6.45, 7) is 0.619. The molecule has 4 nitrogen and oxygen atoms in total. The van der Waals surface area contributed by atoms with Crippen molar-refractivity contribution >= 4 is 17.7 Å². The van der Waals surface area contributed by atoms with Gasteiger partial charge in [-0.25, -0.2) is 0 Å². The zero-order valence-electron chi connectivity index (χ0n) is 13.6. The van der Waals surface area contributed by atoms with Crippen LogP contribution in [-0.4, -0.2) is 25.3 Å². The summed E-state index contributed by atoms with van der Waals surface area (Å²) in [6.07, 6.45) is 0.367. The maximum atomic E-state index is 11.9. The molecule has 0 saturated carbocycles. The quantitative estimate of drug-likeness (QED) is 0.750. The molecule has 1 N–H and O–H groups in total. The number of nitriles is 1. The average Bonchev–Trinajstić information content (AvgIpc) is 2.62. The van der Waals surface area contributed by atoms with E-state index in [1.165, 1.54) is 0 Å². The molecule has 0 aromatic heterocycles. The van der Waals surface area contributed by atoms with Crippen molar-refractivity contribution in [1.29, 1.82) is 5.26 Å². The minimum atomic E-state index is 0.0122. The number of benzene rings is 2. The molecule has 0 atom stereocenters. The van der Waals surface area contributed by atoms with Gasteiger partial charge in [0.25, 0.3) is 0 Å². The lowest BCUT2D eigenvalue weighted by Gasteiger charge is -2.07. The average molecular weight is 340 g/mol. The Kier molecular flexibility index (Phi) is 7.19. The highest BCUT2D eigenvalue weighted by atomic mass is 32.2. The maximum absolute atomic E-state index is 11.9. The number of thioether (sulfide) groups is 1. The molecule has 2 aromatic carbocycles. The van der Waals surface area contributed by atoms with Gasteiger partial charge in [0, 0.05) is 18.1 Å². The summed E-state index contributed by atoms with van der Waals surface area (Å²) in [5.41, 5.74) is 2.71. The van der Waals surface area contributed by atoms with E-state index in [1.54, 1.807) is 18.9 Å². The smallest absolute Gasteiger partial charge is 0.224 e. The lowest BCUT2D eigenvalue weighted by atomic mass is 10.1. The van der Waals surface area contributed by atoms with E-state index in [4.69, 9.17) is 10.00 Å². The van der Waals surface area contributed by atoms with Gasteiger partial charge in [0.05, 0.1) is 25.2 Å². The van der Waals surface area contributed by atoms with Crippen LogP contribution in [-0.2, 0) is 17.0 Å².